The molecule has 90 valence electrons. The Bertz CT molecular complexity index is 336. The summed E-state index contributed by atoms with van der Waals surface area (Å²) in [5, 5.41) is 0. The molecule has 1 heterocycles. The van der Waals surface area contributed by atoms with Crippen molar-refractivity contribution in [2.24, 2.45) is 5.73 Å². The van der Waals surface area contributed by atoms with Gasteiger partial charge in [-0.05, 0) is 0 Å². The molecule has 0 aliphatic carbocycles. The number of pyridine rings is 1. The van der Waals surface area contributed by atoms with Crippen LogP contribution in [0.3, 0.4) is 0 Å². The third-order valence-electron chi connectivity index (χ3n) is 2.05. The molecule has 0 amide bonds. The molecule has 0 bridgehead atoms. The first kappa shape index (κ1) is 12.8. The van der Waals surface area contributed by atoms with Crippen molar-refractivity contribution < 1.29 is 13.5 Å². The van der Waals surface area contributed by atoms with Gasteiger partial charge >= 0.3 is 0 Å². The second-order valence-electron chi connectivity index (χ2n) is 3.23. The van der Waals surface area contributed by atoms with Crippen LogP contribution < -0.4 is 10.6 Å². The van der Waals surface area contributed by atoms with E-state index in [4.69, 9.17) is 10.5 Å². The van der Waals surface area contributed by atoms with Crippen molar-refractivity contribution in [2.45, 2.75) is 0 Å². The summed E-state index contributed by atoms with van der Waals surface area (Å²) < 4.78 is 31.0. The standard InChI is InChI=1S/C10H15F2N3O/c1-16-5-4-15(3-2-13)10-9(12)6-8(11)7-14-10/h6-7H,2-5,13H2,1H3. The fraction of sp³-hybridized carbons (Fsp3) is 0.500. The van der Waals surface area contributed by atoms with E-state index in [0.717, 1.165) is 12.3 Å². The molecule has 0 fully saturated rings. The Morgan fingerprint density at radius 3 is 2.75 bits per heavy atom. The molecule has 0 saturated carbocycles. The first-order valence-corrected chi connectivity index (χ1v) is 4.94. The predicted molar refractivity (Wildman–Crippen MR) is 57.3 cm³/mol. The fourth-order valence-electron chi connectivity index (χ4n) is 1.32. The molecule has 1 aromatic rings. The van der Waals surface area contributed by atoms with E-state index in [1.807, 2.05) is 0 Å². The van der Waals surface area contributed by atoms with Crippen molar-refractivity contribution in [1.82, 2.24) is 4.98 Å². The number of ether oxygens (including phenoxy) is 1. The second kappa shape index (κ2) is 6.34. The SMILES string of the molecule is COCCN(CCN)c1ncc(F)cc1F. The van der Waals surface area contributed by atoms with E-state index in [0.29, 0.717) is 26.2 Å². The summed E-state index contributed by atoms with van der Waals surface area (Å²) in [5.74, 6) is -1.28. The number of nitrogens with two attached hydrogens (primary N) is 1. The minimum Gasteiger partial charge on any atom is -0.383 e. The zero-order valence-electron chi connectivity index (χ0n) is 9.12. The maximum atomic E-state index is 13.4. The van der Waals surface area contributed by atoms with Gasteiger partial charge in [-0.2, -0.15) is 0 Å². The van der Waals surface area contributed by atoms with E-state index in [-0.39, 0.29) is 5.82 Å². The van der Waals surface area contributed by atoms with Gasteiger partial charge in [0.15, 0.2) is 11.6 Å². The maximum Gasteiger partial charge on any atom is 0.168 e. The summed E-state index contributed by atoms with van der Waals surface area (Å²) >= 11 is 0. The lowest BCUT2D eigenvalue weighted by molar-refractivity contribution is 0.205. The molecule has 0 spiro atoms. The number of aromatic nitrogens is 1. The molecule has 4 nitrogen and oxygen atoms in total. The molecule has 0 radical (unpaired) electrons. The van der Waals surface area contributed by atoms with E-state index >= 15 is 0 Å². The number of hydrogen-bond acceptors (Lipinski definition) is 4. The first-order chi connectivity index (χ1) is 7.69. The predicted octanol–water partition coefficient (Wildman–Crippen LogP) is 0.771. The summed E-state index contributed by atoms with van der Waals surface area (Å²) in [6, 6.07) is 0.804. The van der Waals surface area contributed by atoms with Gasteiger partial charge in [-0.3, -0.25) is 0 Å². The summed E-state index contributed by atoms with van der Waals surface area (Å²) in [7, 11) is 1.55. The van der Waals surface area contributed by atoms with Crippen LogP contribution in [-0.4, -0.2) is 38.3 Å². The lowest BCUT2D eigenvalue weighted by Gasteiger charge is -2.22. The molecule has 0 aromatic carbocycles. The second-order valence-corrected chi connectivity index (χ2v) is 3.23. The van der Waals surface area contributed by atoms with Crippen LogP contribution in [0, 0.1) is 11.6 Å². The number of hydrogen-bond donors (Lipinski definition) is 1. The average Bonchev–Trinajstić information content (AvgIpc) is 2.25. The molecule has 0 saturated heterocycles. The highest BCUT2D eigenvalue weighted by Gasteiger charge is 2.13. The number of methoxy groups -OCH3 is 1. The van der Waals surface area contributed by atoms with Crippen LogP contribution in [0.5, 0.6) is 0 Å². The highest BCUT2D eigenvalue weighted by Crippen LogP contribution is 2.15. The number of anilines is 1. The van der Waals surface area contributed by atoms with Gasteiger partial charge in [-0.25, -0.2) is 13.8 Å². The van der Waals surface area contributed by atoms with Crippen LogP contribution in [0.4, 0.5) is 14.6 Å². The Morgan fingerprint density at radius 1 is 1.44 bits per heavy atom. The van der Waals surface area contributed by atoms with Gasteiger partial charge in [-0.1, -0.05) is 0 Å². The quantitative estimate of drug-likeness (QED) is 0.785. The fourth-order valence-corrected chi connectivity index (χ4v) is 1.32. The maximum absolute atomic E-state index is 13.4. The van der Waals surface area contributed by atoms with Crippen molar-refractivity contribution in [3.63, 3.8) is 0 Å². The summed E-state index contributed by atoms with van der Waals surface area (Å²) in [6.07, 6.45) is 0.981. The van der Waals surface area contributed by atoms with E-state index < -0.39 is 11.6 Å². The molecular formula is C10H15F2N3O. The summed E-state index contributed by atoms with van der Waals surface area (Å²) in [6.45, 7) is 1.70. The highest BCUT2D eigenvalue weighted by atomic mass is 19.1. The zero-order valence-corrected chi connectivity index (χ0v) is 9.12. The third-order valence-corrected chi connectivity index (χ3v) is 2.05. The van der Waals surface area contributed by atoms with Crippen LogP contribution in [0.1, 0.15) is 0 Å². The monoisotopic (exact) mass is 231 g/mol. The smallest absolute Gasteiger partial charge is 0.168 e. The van der Waals surface area contributed by atoms with Crippen LogP contribution in [0.2, 0.25) is 0 Å². The zero-order chi connectivity index (χ0) is 12.0. The van der Waals surface area contributed by atoms with Gasteiger partial charge in [-0.15, -0.1) is 0 Å². The van der Waals surface area contributed by atoms with Gasteiger partial charge < -0.3 is 15.4 Å². The van der Waals surface area contributed by atoms with Gasteiger partial charge in [0.05, 0.1) is 12.8 Å². The Morgan fingerprint density at radius 2 is 2.19 bits per heavy atom. The topological polar surface area (TPSA) is 51.4 Å². The van der Waals surface area contributed by atoms with Crippen LogP contribution >= 0.6 is 0 Å². The molecule has 1 aromatic heterocycles. The number of rotatable bonds is 6. The first-order valence-electron chi connectivity index (χ1n) is 4.94. The Labute approximate surface area is 93.0 Å². The van der Waals surface area contributed by atoms with Crippen molar-refractivity contribution in [2.75, 3.05) is 38.3 Å². The lowest BCUT2D eigenvalue weighted by Crippen LogP contribution is -2.33. The van der Waals surface area contributed by atoms with Gasteiger partial charge in [0.25, 0.3) is 0 Å². The van der Waals surface area contributed by atoms with Crippen LogP contribution in [-0.2, 0) is 4.74 Å². The third kappa shape index (κ3) is 3.39. The van der Waals surface area contributed by atoms with E-state index in [9.17, 15) is 8.78 Å². The Balaban J connectivity index is 2.82. The molecular weight excluding hydrogens is 216 g/mol. The average molecular weight is 231 g/mol. The Kier molecular flexibility index (Phi) is 5.07. The summed E-state index contributed by atoms with van der Waals surface area (Å²) in [4.78, 5) is 5.34. The van der Waals surface area contributed by atoms with Gasteiger partial charge in [0.1, 0.15) is 5.82 Å². The van der Waals surface area contributed by atoms with Gasteiger partial charge in [0, 0.05) is 32.8 Å². The minimum atomic E-state index is -0.694. The normalized spacial score (nSPS) is 10.5. The highest BCUT2D eigenvalue weighted by molar-refractivity contribution is 5.39. The Hall–Kier alpha value is -1.27. The minimum absolute atomic E-state index is 0.101. The molecule has 0 atom stereocenters. The largest absolute Gasteiger partial charge is 0.383 e. The molecule has 0 aliphatic rings. The molecule has 16 heavy (non-hydrogen) atoms. The van der Waals surface area contributed by atoms with E-state index in [2.05, 4.69) is 4.98 Å². The van der Waals surface area contributed by atoms with Crippen molar-refractivity contribution >= 4 is 5.82 Å². The number of nitrogens with zero attached hydrogens (tertiary/aromatic N) is 2. The van der Waals surface area contributed by atoms with Crippen molar-refractivity contribution in [1.29, 1.82) is 0 Å². The van der Waals surface area contributed by atoms with Crippen molar-refractivity contribution in [3.8, 4) is 0 Å². The lowest BCUT2D eigenvalue weighted by atomic mass is 10.3. The molecule has 1 rings (SSSR count). The summed E-state index contributed by atoms with van der Waals surface area (Å²) in [5.41, 5.74) is 5.41. The molecule has 6 heteroatoms. The van der Waals surface area contributed by atoms with Gasteiger partial charge in [0.2, 0.25) is 0 Å². The molecule has 0 aliphatic heterocycles. The molecule has 0 unspecified atom stereocenters. The number of halogens is 2. The molecule has 2 N–H and O–H groups in total. The van der Waals surface area contributed by atoms with Crippen molar-refractivity contribution in [3.05, 3.63) is 23.9 Å². The van der Waals surface area contributed by atoms with Crippen LogP contribution in [0.25, 0.3) is 0 Å². The van der Waals surface area contributed by atoms with Crippen LogP contribution in [0.15, 0.2) is 12.3 Å². The van der Waals surface area contributed by atoms with E-state index in [1.54, 1.807) is 12.0 Å². The van der Waals surface area contributed by atoms with E-state index in [1.165, 1.54) is 0 Å².